The molecule has 5 N–H and O–H groups in total. The van der Waals surface area contributed by atoms with Gasteiger partial charge in [0.1, 0.15) is 0 Å². The number of halogens is 2. The average Bonchev–Trinajstić information content (AvgIpc) is 2.96. The maximum Gasteiger partial charge on any atom is 0.411 e. The summed E-state index contributed by atoms with van der Waals surface area (Å²) in [7, 11) is 1.31. The number of hydrogen-bond acceptors (Lipinski definition) is 7. The van der Waals surface area contributed by atoms with E-state index in [0.717, 1.165) is 48.8 Å². The fraction of sp³-hybridized carbons (Fsp3) is 0.241. The minimum atomic E-state index is -0.645. The van der Waals surface area contributed by atoms with Crippen LogP contribution in [0.4, 0.5) is 26.2 Å². The number of nitrogens with zero attached hydrogens (tertiary/aromatic N) is 1. The Kier molecular flexibility index (Phi) is 9.69. The van der Waals surface area contributed by atoms with Crippen LogP contribution in [0.3, 0.4) is 0 Å². The zero-order chi connectivity index (χ0) is 28.5. The van der Waals surface area contributed by atoms with Gasteiger partial charge in [-0.25, -0.2) is 9.18 Å². The molecule has 1 atom stereocenters. The fourth-order valence-corrected chi connectivity index (χ4v) is 4.52. The molecule has 2 heterocycles. The van der Waals surface area contributed by atoms with Crippen LogP contribution in [0.25, 0.3) is 11.1 Å². The van der Waals surface area contributed by atoms with Crippen LogP contribution in [0.15, 0.2) is 66.5 Å². The van der Waals surface area contributed by atoms with Crippen LogP contribution in [0, 0.1) is 11.2 Å². The summed E-state index contributed by atoms with van der Waals surface area (Å²) in [4.78, 5) is 29.4. The molecule has 0 fully saturated rings. The molecule has 11 heteroatoms. The van der Waals surface area contributed by atoms with Crippen LogP contribution in [0.1, 0.15) is 37.4 Å². The summed E-state index contributed by atoms with van der Waals surface area (Å²) in [5.41, 5.74) is 4.03. The zero-order valence-electron chi connectivity index (χ0n) is 21.9. The van der Waals surface area contributed by atoms with Gasteiger partial charge in [0.05, 0.1) is 35.1 Å². The Labute approximate surface area is 236 Å². The topological polar surface area (TPSA) is 128 Å². The second-order valence-corrected chi connectivity index (χ2v) is 9.55. The lowest BCUT2D eigenvalue weighted by Crippen LogP contribution is -2.31. The number of pyridine rings is 1. The van der Waals surface area contributed by atoms with Gasteiger partial charge >= 0.3 is 6.09 Å². The monoisotopic (exact) mass is 564 g/mol. The van der Waals surface area contributed by atoms with E-state index >= 15 is 0 Å². The molecule has 1 unspecified atom stereocenters. The molecule has 0 saturated carbocycles. The SMILES string of the molecule is COC(=O)Nc1ccc2c(c1)NCCCCCC(NC(=O)/C(C=N)=C/Nc1cccc(Cl)c1F)c1cc-2ccn1. The van der Waals surface area contributed by atoms with Crippen LogP contribution >= 0.6 is 11.6 Å². The number of benzene rings is 2. The van der Waals surface area contributed by atoms with E-state index in [1.165, 1.54) is 25.4 Å². The summed E-state index contributed by atoms with van der Waals surface area (Å²) in [6.07, 6.45) is 6.63. The molecule has 4 rings (SSSR count). The van der Waals surface area contributed by atoms with Crippen molar-refractivity contribution in [1.29, 1.82) is 5.41 Å². The second-order valence-electron chi connectivity index (χ2n) is 9.14. The van der Waals surface area contributed by atoms with Crippen LogP contribution < -0.4 is 21.3 Å². The van der Waals surface area contributed by atoms with E-state index in [1.807, 2.05) is 24.3 Å². The highest BCUT2D eigenvalue weighted by Crippen LogP contribution is 2.33. The van der Waals surface area contributed by atoms with Crippen molar-refractivity contribution in [3.63, 3.8) is 0 Å². The Morgan fingerprint density at radius 3 is 2.83 bits per heavy atom. The number of carbonyl (C=O) groups excluding carboxylic acids is 2. The van der Waals surface area contributed by atoms with Gasteiger partial charge in [-0.15, -0.1) is 0 Å². The molecule has 2 amide bonds. The Bertz CT molecular complexity index is 1430. The number of nitrogens with one attached hydrogen (secondary N) is 5. The molecule has 2 aromatic carbocycles. The van der Waals surface area contributed by atoms with E-state index < -0.39 is 23.9 Å². The molecule has 2 bridgehead atoms. The van der Waals surface area contributed by atoms with Crippen molar-refractivity contribution in [2.75, 3.05) is 29.6 Å². The summed E-state index contributed by atoms with van der Waals surface area (Å²) in [6.45, 7) is 0.732. The molecule has 0 radical (unpaired) electrons. The highest BCUT2D eigenvalue weighted by molar-refractivity contribution is 6.31. The molecule has 0 spiro atoms. The first-order valence-electron chi connectivity index (χ1n) is 12.8. The molecule has 1 aromatic heterocycles. The first kappa shape index (κ1) is 28.6. The summed E-state index contributed by atoms with van der Waals surface area (Å²) >= 11 is 5.83. The molecule has 3 aromatic rings. The minimum absolute atomic E-state index is 0.0156. The number of aromatic nitrogens is 1. The third-order valence-electron chi connectivity index (χ3n) is 6.44. The molecule has 1 aliphatic rings. The number of anilines is 3. The number of rotatable bonds is 6. The van der Waals surface area contributed by atoms with Crippen LogP contribution in [0.2, 0.25) is 5.02 Å². The molecule has 0 saturated heterocycles. The largest absolute Gasteiger partial charge is 0.453 e. The Hall–Kier alpha value is -4.44. The van der Waals surface area contributed by atoms with Gasteiger partial charge in [-0.1, -0.05) is 36.6 Å². The van der Waals surface area contributed by atoms with Crippen molar-refractivity contribution < 1.29 is 18.7 Å². The van der Waals surface area contributed by atoms with E-state index in [2.05, 4.69) is 26.3 Å². The Morgan fingerprint density at radius 1 is 1.18 bits per heavy atom. The van der Waals surface area contributed by atoms with E-state index in [9.17, 15) is 14.0 Å². The molecule has 0 aliphatic carbocycles. The summed E-state index contributed by atoms with van der Waals surface area (Å²) < 4.78 is 19.0. The lowest BCUT2D eigenvalue weighted by atomic mass is 9.98. The van der Waals surface area contributed by atoms with Crippen LogP contribution in [-0.2, 0) is 9.53 Å². The van der Waals surface area contributed by atoms with Gasteiger partial charge in [-0.2, -0.15) is 0 Å². The van der Waals surface area contributed by atoms with Crippen molar-refractivity contribution in [3.8, 4) is 11.1 Å². The van der Waals surface area contributed by atoms with Gasteiger partial charge in [0.15, 0.2) is 5.82 Å². The number of carbonyl (C=O) groups is 2. The summed E-state index contributed by atoms with van der Waals surface area (Å²) in [6, 6.07) is 13.4. The van der Waals surface area contributed by atoms with Gasteiger partial charge < -0.3 is 26.1 Å². The van der Waals surface area contributed by atoms with E-state index in [4.69, 9.17) is 21.7 Å². The molecule has 1 aliphatic heterocycles. The van der Waals surface area contributed by atoms with Gasteiger partial charge in [0.25, 0.3) is 5.91 Å². The normalized spacial score (nSPS) is 15.3. The number of ether oxygens (including phenoxy) is 1. The van der Waals surface area contributed by atoms with Crippen molar-refractivity contribution in [3.05, 3.63) is 83.0 Å². The van der Waals surface area contributed by atoms with Crippen LogP contribution in [-0.4, -0.2) is 36.9 Å². The van der Waals surface area contributed by atoms with Crippen molar-refractivity contribution in [2.45, 2.75) is 31.7 Å². The third kappa shape index (κ3) is 7.15. The molecule has 40 heavy (non-hydrogen) atoms. The molecule has 9 nitrogen and oxygen atoms in total. The number of fused-ring (bicyclic) bond motifs is 4. The van der Waals surface area contributed by atoms with Gasteiger partial charge in [0.2, 0.25) is 0 Å². The smallest absolute Gasteiger partial charge is 0.411 e. The Balaban J connectivity index is 1.60. The first-order valence-corrected chi connectivity index (χ1v) is 13.2. The predicted octanol–water partition coefficient (Wildman–Crippen LogP) is 6.51. The van der Waals surface area contributed by atoms with E-state index in [0.29, 0.717) is 17.8 Å². The van der Waals surface area contributed by atoms with Crippen molar-refractivity contribution in [1.82, 2.24) is 10.3 Å². The lowest BCUT2D eigenvalue weighted by molar-refractivity contribution is -0.117. The van der Waals surface area contributed by atoms with Crippen molar-refractivity contribution >= 4 is 46.9 Å². The summed E-state index contributed by atoms with van der Waals surface area (Å²) in [5.74, 6) is -1.14. The van der Waals surface area contributed by atoms with E-state index in [-0.39, 0.29) is 16.3 Å². The number of methoxy groups -OCH3 is 1. The highest BCUT2D eigenvalue weighted by Gasteiger charge is 2.20. The third-order valence-corrected chi connectivity index (χ3v) is 6.74. The quantitative estimate of drug-likeness (QED) is 0.171. The van der Waals surface area contributed by atoms with Gasteiger partial charge in [-0.3, -0.25) is 15.1 Å². The average molecular weight is 565 g/mol. The number of amides is 2. The predicted molar refractivity (Wildman–Crippen MR) is 155 cm³/mol. The lowest BCUT2D eigenvalue weighted by Gasteiger charge is -2.21. The molecular weight excluding hydrogens is 535 g/mol. The zero-order valence-corrected chi connectivity index (χ0v) is 22.6. The van der Waals surface area contributed by atoms with Crippen molar-refractivity contribution in [2.24, 2.45) is 0 Å². The Morgan fingerprint density at radius 2 is 2.02 bits per heavy atom. The van der Waals surface area contributed by atoms with Gasteiger partial charge in [-0.05, 0) is 54.8 Å². The standard InChI is InChI=1S/C29H30ClFN6O3/c1-40-29(39)36-20-9-10-21-18-11-13-34-26(14-18)23(7-3-2-4-12-33-25(21)15-20)37-28(38)19(16-32)17-35-24-8-5-6-22(30)27(24)31/h5-6,8-11,13-17,23,32-33,35H,2-4,7,12H2,1H3,(H,36,39)(H,37,38)/b19-17+,32-16?. The van der Waals surface area contributed by atoms with E-state index in [1.54, 1.807) is 18.3 Å². The second kappa shape index (κ2) is 13.6. The highest BCUT2D eigenvalue weighted by atomic mass is 35.5. The van der Waals surface area contributed by atoms with Crippen LogP contribution in [0.5, 0.6) is 0 Å². The number of hydrogen-bond donors (Lipinski definition) is 5. The first-order chi connectivity index (χ1) is 19.4. The minimum Gasteiger partial charge on any atom is -0.453 e. The summed E-state index contributed by atoms with van der Waals surface area (Å²) in [5, 5.41) is 19.6. The molecular formula is C29H30ClFN6O3. The van der Waals surface area contributed by atoms with Gasteiger partial charge in [0, 0.05) is 42.1 Å². The molecule has 208 valence electrons. The fourth-order valence-electron chi connectivity index (χ4n) is 4.35. The maximum atomic E-state index is 14.2. The maximum absolute atomic E-state index is 14.2.